The van der Waals surface area contributed by atoms with Crippen LogP contribution in [0.25, 0.3) is 0 Å². The summed E-state index contributed by atoms with van der Waals surface area (Å²) < 4.78 is 0. The molecule has 0 saturated carbocycles. The SMILES string of the molecule is CC(C)N1C[C@@H](C(=O)N2CCN(c3cc(C#N)ccn3)CC2)CC1=O. The quantitative estimate of drug-likeness (QED) is 0.814. The molecule has 2 saturated heterocycles. The van der Waals surface area contributed by atoms with E-state index in [0.717, 1.165) is 5.82 Å². The predicted molar refractivity (Wildman–Crippen MR) is 92.7 cm³/mol. The van der Waals surface area contributed by atoms with Crippen LogP contribution in [-0.4, -0.2) is 65.4 Å². The Morgan fingerprint density at radius 3 is 2.64 bits per heavy atom. The van der Waals surface area contributed by atoms with Gasteiger partial charge in [-0.3, -0.25) is 9.59 Å². The number of rotatable bonds is 3. The van der Waals surface area contributed by atoms with E-state index in [-0.39, 0.29) is 23.8 Å². The van der Waals surface area contributed by atoms with Crippen molar-refractivity contribution in [2.75, 3.05) is 37.6 Å². The smallest absolute Gasteiger partial charge is 0.228 e. The third-order valence-electron chi connectivity index (χ3n) is 4.92. The maximum atomic E-state index is 12.7. The minimum atomic E-state index is -0.221. The van der Waals surface area contributed by atoms with Crippen LogP contribution in [-0.2, 0) is 9.59 Å². The van der Waals surface area contributed by atoms with Gasteiger partial charge in [0.05, 0.1) is 17.6 Å². The van der Waals surface area contributed by atoms with Crippen LogP contribution in [0.1, 0.15) is 25.8 Å². The van der Waals surface area contributed by atoms with Gasteiger partial charge in [0.1, 0.15) is 5.82 Å². The Morgan fingerprint density at radius 2 is 2.04 bits per heavy atom. The number of carbonyl (C=O) groups is 2. The number of piperazine rings is 1. The number of hydrogen-bond donors (Lipinski definition) is 0. The topological polar surface area (TPSA) is 80.5 Å². The van der Waals surface area contributed by atoms with E-state index in [2.05, 4.69) is 16.0 Å². The number of hydrogen-bond acceptors (Lipinski definition) is 5. The third kappa shape index (κ3) is 3.58. The molecule has 0 bridgehead atoms. The van der Waals surface area contributed by atoms with Crippen molar-refractivity contribution in [3.05, 3.63) is 23.9 Å². The Labute approximate surface area is 147 Å². The van der Waals surface area contributed by atoms with Crippen LogP contribution in [0.3, 0.4) is 0 Å². The highest BCUT2D eigenvalue weighted by molar-refractivity contribution is 5.89. The highest BCUT2D eigenvalue weighted by Gasteiger charge is 2.38. The molecule has 7 heteroatoms. The zero-order valence-electron chi connectivity index (χ0n) is 14.7. The molecule has 2 aliphatic rings. The summed E-state index contributed by atoms with van der Waals surface area (Å²) in [5.41, 5.74) is 0.585. The lowest BCUT2D eigenvalue weighted by Gasteiger charge is -2.36. The third-order valence-corrected chi connectivity index (χ3v) is 4.92. The van der Waals surface area contributed by atoms with Crippen LogP contribution >= 0.6 is 0 Å². The number of pyridine rings is 1. The van der Waals surface area contributed by atoms with Gasteiger partial charge < -0.3 is 14.7 Å². The van der Waals surface area contributed by atoms with Crippen molar-refractivity contribution in [3.8, 4) is 6.07 Å². The molecule has 3 rings (SSSR count). The molecule has 1 aromatic heterocycles. The van der Waals surface area contributed by atoms with Gasteiger partial charge in [-0.05, 0) is 26.0 Å². The normalized spacial score (nSPS) is 21.0. The Bertz CT molecular complexity index is 704. The summed E-state index contributed by atoms with van der Waals surface area (Å²) in [6.07, 6.45) is 1.96. The van der Waals surface area contributed by atoms with Crippen molar-refractivity contribution in [2.45, 2.75) is 26.3 Å². The van der Waals surface area contributed by atoms with Gasteiger partial charge in [0.15, 0.2) is 0 Å². The summed E-state index contributed by atoms with van der Waals surface area (Å²) in [4.78, 5) is 34.8. The molecular formula is C18H23N5O2. The molecule has 1 atom stereocenters. The van der Waals surface area contributed by atoms with E-state index in [4.69, 9.17) is 5.26 Å². The Morgan fingerprint density at radius 1 is 1.32 bits per heavy atom. The zero-order valence-corrected chi connectivity index (χ0v) is 14.7. The summed E-state index contributed by atoms with van der Waals surface area (Å²) in [5, 5.41) is 9.00. The minimum absolute atomic E-state index is 0.0736. The highest BCUT2D eigenvalue weighted by Crippen LogP contribution is 2.23. The molecule has 2 amide bonds. The number of nitriles is 1. The molecule has 0 aliphatic carbocycles. The molecule has 2 fully saturated rings. The zero-order chi connectivity index (χ0) is 18.0. The van der Waals surface area contributed by atoms with Gasteiger partial charge in [-0.25, -0.2) is 4.98 Å². The summed E-state index contributed by atoms with van der Waals surface area (Å²) in [6, 6.07) is 5.71. The maximum absolute atomic E-state index is 12.7. The lowest BCUT2D eigenvalue weighted by molar-refractivity contribution is -0.136. The summed E-state index contributed by atoms with van der Waals surface area (Å²) in [6.45, 7) is 7.08. The van der Waals surface area contributed by atoms with E-state index < -0.39 is 0 Å². The highest BCUT2D eigenvalue weighted by atomic mass is 16.2. The molecule has 25 heavy (non-hydrogen) atoms. The average Bonchev–Trinajstić information content (AvgIpc) is 3.03. The molecule has 0 unspecified atom stereocenters. The molecule has 0 aromatic carbocycles. The van der Waals surface area contributed by atoms with Crippen LogP contribution in [0, 0.1) is 17.2 Å². The van der Waals surface area contributed by atoms with E-state index >= 15 is 0 Å². The predicted octanol–water partition coefficient (Wildman–Crippen LogP) is 0.859. The fourth-order valence-electron chi connectivity index (χ4n) is 3.47. The number of anilines is 1. The largest absolute Gasteiger partial charge is 0.353 e. The van der Waals surface area contributed by atoms with Crippen molar-refractivity contribution >= 4 is 17.6 Å². The molecule has 0 N–H and O–H groups in total. The molecule has 2 aliphatic heterocycles. The van der Waals surface area contributed by atoms with E-state index in [9.17, 15) is 9.59 Å². The van der Waals surface area contributed by atoms with E-state index in [1.807, 2.05) is 18.7 Å². The fraction of sp³-hybridized carbons (Fsp3) is 0.556. The summed E-state index contributed by atoms with van der Waals surface area (Å²) >= 11 is 0. The number of aromatic nitrogens is 1. The van der Waals surface area contributed by atoms with Gasteiger partial charge in [-0.15, -0.1) is 0 Å². The molecule has 7 nitrogen and oxygen atoms in total. The Kier molecular flexibility index (Phi) is 4.88. The first-order chi connectivity index (χ1) is 12.0. The van der Waals surface area contributed by atoms with Crippen LogP contribution in [0.15, 0.2) is 18.3 Å². The monoisotopic (exact) mass is 341 g/mol. The van der Waals surface area contributed by atoms with E-state index in [1.54, 1.807) is 23.2 Å². The van der Waals surface area contributed by atoms with Crippen molar-refractivity contribution < 1.29 is 9.59 Å². The lowest BCUT2D eigenvalue weighted by Crippen LogP contribution is -2.51. The van der Waals surface area contributed by atoms with E-state index in [0.29, 0.717) is 44.7 Å². The number of carbonyl (C=O) groups excluding carboxylic acids is 2. The summed E-state index contributed by atoms with van der Waals surface area (Å²) in [7, 11) is 0. The van der Waals surface area contributed by atoms with Crippen molar-refractivity contribution in [2.24, 2.45) is 5.92 Å². The molecule has 0 radical (unpaired) electrons. The summed E-state index contributed by atoms with van der Waals surface area (Å²) in [5.74, 6) is 0.703. The van der Waals surface area contributed by atoms with Gasteiger partial charge in [0.2, 0.25) is 11.8 Å². The van der Waals surface area contributed by atoms with Gasteiger partial charge in [0, 0.05) is 51.4 Å². The molecule has 0 spiro atoms. The van der Waals surface area contributed by atoms with Crippen molar-refractivity contribution in [1.82, 2.24) is 14.8 Å². The van der Waals surface area contributed by atoms with E-state index in [1.165, 1.54) is 0 Å². The van der Waals surface area contributed by atoms with Crippen LogP contribution < -0.4 is 4.90 Å². The maximum Gasteiger partial charge on any atom is 0.228 e. The fourth-order valence-corrected chi connectivity index (χ4v) is 3.47. The second-order valence-electron chi connectivity index (χ2n) is 6.87. The first kappa shape index (κ1) is 17.2. The minimum Gasteiger partial charge on any atom is -0.353 e. The number of amides is 2. The van der Waals surface area contributed by atoms with Crippen LogP contribution in [0.5, 0.6) is 0 Å². The van der Waals surface area contributed by atoms with Crippen LogP contribution in [0.2, 0.25) is 0 Å². The van der Waals surface area contributed by atoms with Gasteiger partial charge in [0.25, 0.3) is 0 Å². The Hall–Kier alpha value is -2.62. The van der Waals surface area contributed by atoms with Gasteiger partial charge >= 0.3 is 0 Å². The van der Waals surface area contributed by atoms with Crippen LogP contribution in [0.4, 0.5) is 5.82 Å². The average molecular weight is 341 g/mol. The second kappa shape index (κ2) is 7.09. The molecule has 3 heterocycles. The van der Waals surface area contributed by atoms with Crippen molar-refractivity contribution in [1.29, 1.82) is 5.26 Å². The Balaban J connectivity index is 1.58. The second-order valence-corrected chi connectivity index (χ2v) is 6.87. The first-order valence-electron chi connectivity index (χ1n) is 8.69. The lowest BCUT2D eigenvalue weighted by atomic mass is 10.1. The van der Waals surface area contributed by atoms with Gasteiger partial charge in [-0.1, -0.05) is 0 Å². The standard InChI is InChI=1S/C18H23N5O2/c1-13(2)23-12-15(10-17(23)24)18(25)22-7-5-21(6-8-22)16-9-14(11-19)3-4-20-16/h3-4,9,13,15H,5-8,10,12H2,1-2H3/t15-/m0/s1. The number of nitrogens with zero attached hydrogens (tertiary/aromatic N) is 5. The molecule has 1 aromatic rings. The van der Waals surface area contributed by atoms with Gasteiger partial charge in [-0.2, -0.15) is 5.26 Å². The molecule has 132 valence electrons. The molecular weight excluding hydrogens is 318 g/mol. The van der Waals surface area contributed by atoms with Crippen molar-refractivity contribution in [3.63, 3.8) is 0 Å². The number of likely N-dealkylation sites (tertiary alicyclic amines) is 1. The first-order valence-corrected chi connectivity index (χ1v) is 8.69.